The standard InChI is InChI=1S/C16H22O2/c1-3-11(2)12-4-6-13(7-5-12)17-14-8-9-15-16(10-14)18-15/h4-7,11,14-16H,3,8-10H2,1-2H3. The summed E-state index contributed by atoms with van der Waals surface area (Å²) in [5.41, 5.74) is 1.40. The first kappa shape index (κ1) is 12.0. The molecule has 1 heterocycles. The molecule has 0 radical (unpaired) electrons. The summed E-state index contributed by atoms with van der Waals surface area (Å²) >= 11 is 0. The van der Waals surface area contributed by atoms with Gasteiger partial charge in [-0.3, -0.25) is 0 Å². The van der Waals surface area contributed by atoms with Crippen LogP contribution in [0.3, 0.4) is 0 Å². The Balaban J connectivity index is 1.59. The Morgan fingerprint density at radius 1 is 1.22 bits per heavy atom. The lowest BCUT2D eigenvalue weighted by molar-refractivity contribution is 0.164. The smallest absolute Gasteiger partial charge is 0.119 e. The fourth-order valence-electron chi connectivity index (χ4n) is 2.78. The number of hydrogen-bond donors (Lipinski definition) is 0. The molecule has 1 saturated heterocycles. The molecule has 1 aliphatic heterocycles. The summed E-state index contributed by atoms with van der Waals surface area (Å²) in [6.07, 6.45) is 5.94. The predicted molar refractivity (Wildman–Crippen MR) is 72.1 cm³/mol. The van der Waals surface area contributed by atoms with Crippen LogP contribution in [0.25, 0.3) is 0 Å². The molecule has 4 unspecified atom stereocenters. The maximum absolute atomic E-state index is 6.04. The molecular formula is C16H22O2. The molecule has 0 amide bonds. The molecule has 0 spiro atoms. The van der Waals surface area contributed by atoms with E-state index in [1.54, 1.807) is 0 Å². The fraction of sp³-hybridized carbons (Fsp3) is 0.625. The third-order valence-electron chi connectivity index (χ3n) is 4.32. The van der Waals surface area contributed by atoms with E-state index in [-0.39, 0.29) is 0 Å². The van der Waals surface area contributed by atoms with Crippen molar-refractivity contribution in [3.8, 4) is 5.75 Å². The van der Waals surface area contributed by atoms with Crippen LogP contribution in [-0.4, -0.2) is 18.3 Å². The van der Waals surface area contributed by atoms with E-state index < -0.39 is 0 Å². The van der Waals surface area contributed by atoms with Gasteiger partial charge in [0.1, 0.15) is 11.9 Å². The molecule has 18 heavy (non-hydrogen) atoms. The molecule has 0 N–H and O–H groups in total. The van der Waals surface area contributed by atoms with Crippen molar-refractivity contribution in [3.05, 3.63) is 29.8 Å². The Morgan fingerprint density at radius 3 is 2.67 bits per heavy atom. The largest absolute Gasteiger partial charge is 0.490 e. The van der Waals surface area contributed by atoms with Gasteiger partial charge in [-0.15, -0.1) is 0 Å². The average Bonchev–Trinajstić information content (AvgIpc) is 3.17. The van der Waals surface area contributed by atoms with Crippen LogP contribution < -0.4 is 4.74 Å². The summed E-state index contributed by atoms with van der Waals surface area (Å²) in [5.74, 6) is 1.64. The van der Waals surface area contributed by atoms with Crippen LogP contribution in [-0.2, 0) is 4.74 Å². The highest BCUT2D eigenvalue weighted by Crippen LogP contribution is 2.38. The Labute approximate surface area is 109 Å². The van der Waals surface area contributed by atoms with Crippen molar-refractivity contribution >= 4 is 0 Å². The highest BCUT2D eigenvalue weighted by atomic mass is 16.6. The minimum Gasteiger partial charge on any atom is -0.490 e. The molecule has 2 aliphatic rings. The number of fused-ring (bicyclic) bond motifs is 1. The Hall–Kier alpha value is -1.02. The zero-order valence-electron chi connectivity index (χ0n) is 11.3. The second kappa shape index (κ2) is 4.93. The van der Waals surface area contributed by atoms with Crippen molar-refractivity contribution in [1.82, 2.24) is 0 Å². The van der Waals surface area contributed by atoms with Crippen molar-refractivity contribution < 1.29 is 9.47 Å². The third-order valence-corrected chi connectivity index (χ3v) is 4.32. The Bertz CT molecular complexity index is 398. The Morgan fingerprint density at radius 2 is 2.00 bits per heavy atom. The molecule has 1 aromatic carbocycles. The van der Waals surface area contributed by atoms with Gasteiger partial charge in [0.25, 0.3) is 0 Å². The van der Waals surface area contributed by atoms with Gasteiger partial charge in [0.2, 0.25) is 0 Å². The van der Waals surface area contributed by atoms with Gasteiger partial charge >= 0.3 is 0 Å². The number of epoxide rings is 1. The lowest BCUT2D eigenvalue weighted by Gasteiger charge is -2.21. The van der Waals surface area contributed by atoms with Crippen LogP contribution in [0, 0.1) is 0 Å². The zero-order valence-corrected chi connectivity index (χ0v) is 11.3. The summed E-state index contributed by atoms with van der Waals surface area (Å²) in [6, 6.07) is 8.62. The van der Waals surface area contributed by atoms with Crippen LogP contribution in [0.4, 0.5) is 0 Å². The van der Waals surface area contributed by atoms with Crippen molar-refractivity contribution in [1.29, 1.82) is 0 Å². The van der Waals surface area contributed by atoms with Crippen LogP contribution in [0.15, 0.2) is 24.3 Å². The lowest BCUT2D eigenvalue weighted by Crippen LogP contribution is -2.24. The SMILES string of the molecule is CCC(C)c1ccc(OC2CCC3OC3C2)cc1. The van der Waals surface area contributed by atoms with Gasteiger partial charge in [-0.2, -0.15) is 0 Å². The molecule has 1 aliphatic carbocycles. The van der Waals surface area contributed by atoms with E-state index in [2.05, 4.69) is 38.1 Å². The summed E-state index contributed by atoms with van der Waals surface area (Å²) < 4.78 is 11.6. The van der Waals surface area contributed by atoms with E-state index in [1.165, 1.54) is 18.4 Å². The average molecular weight is 246 g/mol. The van der Waals surface area contributed by atoms with Gasteiger partial charge in [0.15, 0.2) is 0 Å². The molecule has 0 aromatic heterocycles. The maximum atomic E-state index is 6.04. The van der Waals surface area contributed by atoms with E-state index >= 15 is 0 Å². The van der Waals surface area contributed by atoms with Crippen molar-refractivity contribution in [2.75, 3.05) is 0 Å². The second-order valence-corrected chi connectivity index (χ2v) is 5.64. The quantitative estimate of drug-likeness (QED) is 0.752. The molecule has 2 nitrogen and oxygen atoms in total. The first-order chi connectivity index (χ1) is 8.76. The molecule has 1 saturated carbocycles. The van der Waals surface area contributed by atoms with E-state index in [9.17, 15) is 0 Å². The topological polar surface area (TPSA) is 21.8 Å². The van der Waals surface area contributed by atoms with Crippen LogP contribution >= 0.6 is 0 Å². The highest BCUT2D eigenvalue weighted by molar-refractivity contribution is 5.29. The van der Waals surface area contributed by atoms with Gasteiger partial charge in [0, 0.05) is 6.42 Å². The maximum Gasteiger partial charge on any atom is 0.119 e. The summed E-state index contributed by atoms with van der Waals surface area (Å²) in [5, 5.41) is 0. The first-order valence-electron chi connectivity index (χ1n) is 7.18. The molecule has 2 heteroatoms. The number of benzene rings is 1. The van der Waals surface area contributed by atoms with E-state index in [0.717, 1.165) is 18.6 Å². The van der Waals surface area contributed by atoms with Gasteiger partial charge in [-0.25, -0.2) is 0 Å². The third kappa shape index (κ3) is 2.54. The zero-order chi connectivity index (χ0) is 12.5. The van der Waals surface area contributed by atoms with Gasteiger partial charge in [0.05, 0.1) is 12.2 Å². The van der Waals surface area contributed by atoms with E-state index in [1.807, 2.05) is 0 Å². The first-order valence-corrected chi connectivity index (χ1v) is 7.18. The molecule has 0 bridgehead atoms. The molecule has 4 atom stereocenters. The fourth-order valence-corrected chi connectivity index (χ4v) is 2.78. The van der Waals surface area contributed by atoms with Gasteiger partial charge in [-0.1, -0.05) is 26.0 Å². The summed E-state index contributed by atoms with van der Waals surface area (Å²) in [7, 11) is 0. The normalized spacial score (nSPS) is 31.6. The van der Waals surface area contributed by atoms with Crippen molar-refractivity contribution in [2.45, 2.75) is 63.8 Å². The summed E-state index contributed by atoms with van der Waals surface area (Å²) in [4.78, 5) is 0. The second-order valence-electron chi connectivity index (χ2n) is 5.64. The van der Waals surface area contributed by atoms with Gasteiger partial charge < -0.3 is 9.47 Å². The van der Waals surface area contributed by atoms with Crippen LogP contribution in [0.5, 0.6) is 5.75 Å². The van der Waals surface area contributed by atoms with Crippen LogP contribution in [0.2, 0.25) is 0 Å². The lowest BCUT2D eigenvalue weighted by atomic mass is 9.97. The molecule has 3 rings (SSSR count). The minimum atomic E-state index is 0.350. The van der Waals surface area contributed by atoms with Crippen LogP contribution in [0.1, 0.15) is 51.0 Å². The number of rotatable bonds is 4. The number of ether oxygens (including phenoxy) is 2. The van der Waals surface area contributed by atoms with E-state index in [4.69, 9.17) is 9.47 Å². The monoisotopic (exact) mass is 246 g/mol. The molecular weight excluding hydrogens is 224 g/mol. The summed E-state index contributed by atoms with van der Waals surface area (Å²) in [6.45, 7) is 4.49. The van der Waals surface area contributed by atoms with Crippen molar-refractivity contribution in [3.63, 3.8) is 0 Å². The van der Waals surface area contributed by atoms with E-state index in [0.29, 0.717) is 24.2 Å². The highest BCUT2D eigenvalue weighted by Gasteiger charge is 2.44. The number of hydrogen-bond acceptors (Lipinski definition) is 2. The minimum absolute atomic E-state index is 0.350. The Kier molecular flexibility index (Phi) is 3.29. The van der Waals surface area contributed by atoms with Gasteiger partial charge in [-0.05, 0) is 42.9 Å². The predicted octanol–water partition coefficient (Wildman–Crippen LogP) is 3.90. The molecule has 2 fully saturated rings. The molecule has 1 aromatic rings. The molecule has 98 valence electrons. The van der Waals surface area contributed by atoms with Crippen molar-refractivity contribution in [2.24, 2.45) is 0 Å².